The Morgan fingerprint density at radius 1 is 1.12 bits per heavy atom. The molecule has 2 aliphatic heterocycles. The van der Waals surface area contributed by atoms with E-state index >= 15 is 0 Å². The van der Waals surface area contributed by atoms with Crippen molar-refractivity contribution in [3.63, 3.8) is 0 Å². The molecular formula is C17H19N5OS. The number of anilines is 1. The lowest BCUT2D eigenvalue weighted by molar-refractivity contribution is 0.0878. The van der Waals surface area contributed by atoms with Gasteiger partial charge in [-0.2, -0.15) is 0 Å². The Morgan fingerprint density at radius 2 is 1.92 bits per heavy atom. The van der Waals surface area contributed by atoms with Crippen LogP contribution < -0.4 is 16.0 Å². The number of benzene rings is 1. The van der Waals surface area contributed by atoms with Gasteiger partial charge >= 0.3 is 0 Å². The number of aromatic nitrogens is 2. The van der Waals surface area contributed by atoms with E-state index in [4.69, 9.17) is 0 Å². The van der Waals surface area contributed by atoms with Gasteiger partial charge in [0.15, 0.2) is 0 Å². The van der Waals surface area contributed by atoms with Gasteiger partial charge in [0.1, 0.15) is 4.88 Å². The van der Waals surface area contributed by atoms with Gasteiger partial charge < -0.3 is 16.0 Å². The molecule has 0 radical (unpaired) electrons. The number of rotatable bonds is 0. The van der Waals surface area contributed by atoms with E-state index in [0.717, 1.165) is 51.3 Å². The summed E-state index contributed by atoms with van der Waals surface area (Å²) in [6.45, 7) is 6.33. The molecule has 24 heavy (non-hydrogen) atoms. The van der Waals surface area contributed by atoms with E-state index in [0.29, 0.717) is 0 Å². The fourth-order valence-corrected chi connectivity index (χ4v) is 4.26. The van der Waals surface area contributed by atoms with Crippen LogP contribution in [0.4, 0.5) is 5.69 Å². The number of fused-ring (bicyclic) bond motifs is 5. The number of amides is 1. The van der Waals surface area contributed by atoms with Crippen LogP contribution in [0.25, 0.3) is 21.1 Å². The van der Waals surface area contributed by atoms with E-state index in [9.17, 15) is 4.79 Å². The predicted molar refractivity (Wildman–Crippen MR) is 97.8 cm³/mol. The summed E-state index contributed by atoms with van der Waals surface area (Å²) in [6.07, 6.45) is 3.38. The Morgan fingerprint density at radius 3 is 2.67 bits per heavy atom. The third-order valence-electron chi connectivity index (χ3n) is 4.41. The van der Waals surface area contributed by atoms with Gasteiger partial charge in [0, 0.05) is 42.1 Å². The molecule has 1 saturated heterocycles. The minimum absolute atomic E-state index is 0.000240. The fourth-order valence-electron chi connectivity index (χ4n) is 3.19. The summed E-state index contributed by atoms with van der Waals surface area (Å²) >= 11 is 1.51. The zero-order valence-electron chi connectivity index (χ0n) is 13.6. The van der Waals surface area contributed by atoms with Crippen molar-refractivity contribution in [3.05, 3.63) is 29.4 Å². The van der Waals surface area contributed by atoms with Crippen molar-refractivity contribution in [1.29, 1.82) is 0 Å². The number of nitrogens with one attached hydrogen (secondary N) is 3. The van der Waals surface area contributed by atoms with Gasteiger partial charge in [-0.3, -0.25) is 14.8 Å². The number of hydrogen-bond acceptors (Lipinski definition) is 6. The van der Waals surface area contributed by atoms with E-state index in [1.807, 2.05) is 26.0 Å². The first kappa shape index (κ1) is 15.3. The molecule has 1 aromatic carbocycles. The molecule has 2 aliphatic rings. The third kappa shape index (κ3) is 2.16. The molecule has 0 bridgehead atoms. The highest BCUT2D eigenvalue weighted by molar-refractivity contribution is 7.21. The van der Waals surface area contributed by atoms with E-state index in [1.54, 1.807) is 12.4 Å². The predicted octanol–water partition coefficient (Wildman–Crippen LogP) is 2.37. The third-order valence-corrected chi connectivity index (χ3v) is 5.56. The summed E-state index contributed by atoms with van der Waals surface area (Å²) in [7, 11) is 0. The molecule has 1 spiro atoms. The number of carbonyl (C=O) groups is 1. The van der Waals surface area contributed by atoms with Gasteiger partial charge in [-0.1, -0.05) is 13.8 Å². The molecule has 0 saturated carbocycles. The first-order chi connectivity index (χ1) is 11.8. The fraction of sp³-hybridized carbons (Fsp3) is 0.353. The smallest absolute Gasteiger partial charge is 0.264 e. The van der Waals surface area contributed by atoms with Crippen LogP contribution in [0.1, 0.15) is 23.5 Å². The molecule has 7 heteroatoms. The lowest BCUT2D eigenvalue weighted by atomic mass is 9.92. The van der Waals surface area contributed by atoms with Gasteiger partial charge in [0.2, 0.25) is 0 Å². The standard InChI is InChI=1S/C15H13N5OS.C2H6/c21-14-13-12(19-7-15(20-14)5-16-6-15)10-9(22-13)2-1-8-11(10)18-4-3-17-8;1-2/h1-4,16,19H,5-7H2,(H,20,21);1-2H3. The molecule has 1 amide bonds. The van der Waals surface area contributed by atoms with E-state index in [2.05, 4.69) is 25.9 Å². The van der Waals surface area contributed by atoms with Crippen molar-refractivity contribution < 1.29 is 4.79 Å². The maximum atomic E-state index is 12.6. The first-order valence-electron chi connectivity index (χ1n) is 8.19. The van der Waals surface area contributed by atoms with Crippen molar-refractivity contribution in [1.82, 2.24) is 20.6 Å². The molecule has 124 valence electrons. The molecule has 3 N–H and O–H groups in total. The Kier molecular flexibility index (Phi) is 3.62. The van der Waals surface area contributed by atoms with Gasteiger partial charge in [0.25, 0.3) is 5.91 Å². The second-order valence-corrected chi connectivity index (χ2v) is 6.91. The summed E-state index contributed by atoms with van der Waals surface area (Å²) in [5.74, 6) is -0.000240. The summed E-state index contributed by atoms with van der Waals surface area (Å²) in [5.41, 5.74) is 2.42. The topological polar surface area (TPSA) is 78.9 Å². The summed E-state index contributed by atoms with van der Waals surface area (Å²) < 4.78 is 1.06. The largest absolute Gasteiger partial charge is 0.381 e. The normalized spacial score (nSPS) is 18.0. The summed E-state index contributed by atoms with van der Waals surface area (Å²) in [5, 5.41) is 10.9. The molecule has 0 aliphatic carbocycles. The zero-order chi connectivity index (χ0) is 16.7. The second kappa shape index (κ2) is 5.68. The Balaban J connectivity index is 0.000000704. The van der Waals surface area contributed by atoms with Crippen molar-refractivity contribution in [2.75, 3.05) is 25.0 Å². The molecule has 4 heterocycles. The molecule has 2 aromatic heterocycles. The highest BCUT2D eigenvalue weighted by Gasteiger charge is 2.41. The molecule has 5 rings (SSSR count). The van der Waals surface area contributed by atoms with Crippen LogP contribution in [-0.2, 0) is 0 Å². The minimum Gasteiger partial charge on any atom is -0.381 e. The van der Waals surface area contributed by atoms with E-state index < -0.39 is 0 Å². The lowest BCUT2D eigenvalue weighted by Crippen LogP contribution is -2.71. The average Bonchev–Trinajstić information content (AvgIpc) is 2.91. The number of carbonyl (C=O) groups excluding carboxylic acids is 1. The Labute approximate surface area is 143 Å². The van der Waals surface area contributed by atoms with Gasteiger partial charge in [-0.15, -0.1) is 11.3 Å². The monoisotopic (exact) mass is 341 g/mol. The van der Waals surface area contributed by atoms with Crippen LogP contribution >= 0.6 is 11.3 Å². The number of thiophene rings is 1. The van der Waals surface area contributed by atoms with E-state index in [-0.39, 0.29) is 11.4 Å². The van der Waals surface area contributed by atoms with Crippen molar-refractivity contribution in [3.8, 4) is 0 Å². The average molecular weight is 341 g/mol. The zero-order valence-corrected chi connectivity index (χ0v) is 14.5. The minimum atomic E-state index is -0.168. The Bertz CT molecular complexity index is 931. The van der Waals surface area contributed by atoms with Gasteiger partial charge in [-0.25, -0.2) is 0 Å². The van der Waals surface area contributed by atoms with Crippen LogP contribution in [0.5, 0.6) is 0 Å². The molecule has 0 unspecified atom stereocenters. The number of nitrogens with zero attached hydrogens (tertiary/aromatic N) is 2. The van der Waals surface area contributed by atoms with Crippen molar-refractivity contribution >= 4 is 44.1 Å². The van der Waals surface area contributed by atoms with Gasteiger partial charge in [0.05, 0.1) is 22.3 Å². The highest BCUT2D eigenvalue weighted by atomic mass is 32.1. The summed E-state index contributed by atoms with van der Waals surface area (Å²) in [6, 6.07) is 3.97. The molecule has 1 fully saturated rings. The van der Waals surface area contributed by atoms with Crippen LogP contribution in [0, 0.1) is 0 Å². The van der Waals surface area contributed by atoms with Crippen LogP contribution in [0.3, 0.4) is 0 Å². The maximum Gasteiger partial charge on any atom is 0.264 e. The molecule has 3 aromatic rings. The van der Waals surface area contributed by atoms with Crippen LogP contribution in [0.2, 0.25) is 0 Å². The molecule has 6 nitrogen and oxygen atoms in total. The van der Waals surface area contributed by atoms with Gasteiger partial charge in [-0.05, 0) is 12.1 Å². The van der Waals surface area contributed by atoms with Crippen LogP contribution in [0.15, 0.2) is 24.5 Å². The lowest BCUT2D eigenvalue weighted by Gasteiger charge is -2.42. The summed E-state index contributed by atoms with van der Waals surface area (Å²) in [4.78, 5) is 22.2. The maximum absolute atomic E-state index is 12.6. The highest BCUT2D eigenvalue weighted by Crippen LogP contribution is 2.40. The van der Waals surface area contributed by atoms with Crippen molar-refractivity contribution in [2.24, 2.45) is 0 Å². The Hall–Kier alpha value is -2.25. The quantitative estimate of drug-likeness (QED) is 0.585. The SMILES string of the molecule is CC.O=C1NC2(CNC2)CNc2c1sc1ccc3nccnc3c21. The molecular weight excluding hydrogens is 322 g/mol. The van der Waals surface area contributed by atoms with Crippen molar-refractivity contribution in [2.45, 2.75) is 19.4 Å². The van der Waals surface area contributed by atoms with Crippen LogP contribution in [-0.4, -0.2) is 41.0 Å². The molecule has 0 atom stereocenters. The second-order valence-electron chi connectivity index (χ2n) is 5.86. The first-order valence-corrected chi connectivity index (χ1v) is 9.01. The van der Waals surface area contributed by atoms with E-state index in [1.165, 1.54) is 11.3 Å². The number of hydrogen-bond donors (Lipinski definition) is 3.